The first kappa shape index (κ1) is 9.86. The van der Waals surface area contributed by atoms with Crippen LogP contribution in [0.1, 0.15) is 25.7 Å². The first-order valence-electron chi connectivity index (χ1n) is 3.53. The van der Waals surface area contributed by atoms with Crippen molar-refractivity contribution in [3.63, 3.8) is 0 Å². The molecule has 1 aliphatic carbocycles. The van der Waals surface area contributed by atoms with E-state index < -0.39 is 0 Å². The molecule has 0 aliphatic heterocycles. The lowest BCUT2D eigenvalue weighted by Crippen LogP contribution is -2.12. The number of ketones is 2. The van der Waals surface area contributed by atoms with Crippen molar-refractivity contribution in [2.45, 2.75) is 25.7 Å². The van der Waals surface area contributed by atoms with Gasteiger partial charge in [-0.1, -0.05) is 13.2 Å². The van der Waals surface area contributed by atoms with Gasteiger partial charge in [-0.2, -0.15) is 0 Å². The van der Waals surface area contributed by atoms with E-state index in [0.717, 1.165) is 0 Å². The Balaban J connectivity index is 0.000000292. The maximum absolute atomic E-state index is 10.5. The smallest absolute Gasteiger partial charge is 0.133 e. The zero-order valence-corrected chi connectivity index (χ0v) is 6.56. The molecule has 1 rings (SSSR count). The summed E-state index contributed by atoms with van der Waals surface area (Å²) in [5.74, 6) is 0.481. The predicted octanol–water partition coefficient (Wildman–Crippen LogP) is 1.66. The van der Waals surface area contributed by atoms with E-state index in [4.69, 9.17) is 0 Å². The van der Waals surface area contributed by atoms with Crippen molar-refractivity contribution in [3.8, 4) is 0 Å². The summed E-state index contributed by atoms with van der Waals surface area (Å²) in [6, 6.07) is 0. The first-order valence-corrected chi connectivity index (χ1v) is 3.53. The van der Waals surface area contributed by atoms with Gasteiger partial charge in [-0.15, -0.1) is 5.73 Å². The third-order valence-corrected chi connectivity index (χ3v) is 1.37. The molecule has 11 heavy (non-hydrogen) atoms. The summed E-state index contributed by atoms with van der Waals surface area (Å²) in [5, 5.41) is 0. The molecule has 0 aromatic carbocycles. The summed E-state index contributed by atoms with van der Waals surface area (Å²) in [6.07, 6.45) is 1.94. The lowest BCUT2D eigenvalue weighted by molar-refractivity contribution is -0.128. The number of hydrogen-bond acceptors (Lipinski definition) is 2. The Morgan fingerprint density at radius 1 is 0.909 bits per heavy atom. The minimum absolute atomic E-state index is 0.240. The van der Waals surface area contributed by atoms with Crippen LogP contribution in [-0.4, -0.2) is 11.6 Å². The van der Waals surface area contributed by atoms with Crippen molar-refractivity contribution in [1.29, 1.82) is 0 Å². The van der Waals surface area contributed by atoms with E-state index in [9.17, 15) is 9.59 Å². The van der Waals surface area contributed by atoms with Crippen LogP contribution in [0.25, 0.3) is 0 Å². The van der Waals surface area contributed by atoms with Gasteiger partial charge in [0, 0.05) is 25.7 Å². The van der Waals surface area contributed by atoms with E-state index in [-0.39, 0.29) is 11.6 Å². The molecule has 2 heteroatoms. The van der Waals surface area contributed by atoms with Crippen LogP contribution in [0.2, 0.25) is 0 Å². The van der Waals surface area contributed by atoms with E-state index >= 15 is 0 Å². The fourth-order valence-electron chi connectivity index (χ4n) is 0.808. The average Bonchev–Trinajstić information content (AvgIpc) is 1.97. The van der Waals surface area contributed by atoms with Crippen molar-refractivity contribution in [1.82, 2.24) is 0 Å². The molecule has 1 saturated carbocycles. The molecule has 0 amide bonds. The highest BCUT2D eigenvalue weighted by Gasteiger charge is 2.13. The summed E-state index contributed by atoms with van der Waals surface area (Å²) in [7, 11) is 0. The topological polar surface area (TPSA) is 34.1 Å². The molecule has 0 heterocycles. The zero-order chi connectivity index (χ0) is 8.69. The van der Waals surface area contributed by atoms with E-state index in [2.05, 4.69) is 18.9 Å². The van der Waals surface area contributed by atoms with Crippen molar-refractivity contribution < 1.29 is 9.59 Å². The van der Waals surface area contributed by atoms with Gasteiger partial charge >= 0.3 is 0 Å². The van der Waals surface area contributed by atoms with Gasteiger partial charge in [0.2, 0.25) is 0 Å². The summed E-state index contributed by atoms with van der Waals surface area (Å²) in [4.78, 5) is 20.9. The van der Waals surface area contributed by atoms with E-state index in [1.165, 1.54) is 0 Å². The van der Waals surface area contributed by atoms with Gasteiger partial charge in [0.1, 0.15) is 11.6 Å². The highest BCUT2D eigenvalue weighted by Crippen LogP contribution is 2.08. The quantitative estimate of drug-likeness (QED) is 0.495. The highest BCUT2D eigenvalue weighted by molar-refractivity contribution is 5.92. The number of Topliss-reactive ketones (excluding diaryl/α,β-unsaturated/α-hetero) is 2. The molecule has 1 fully saturated rings. The van der Waals surface area contributed by atoms with Crippen molar-refractivity contribution in [3.05, 3.63) is 18.9 Å². The Labute approximate surface area is 66.6 Å². The minimum atomic E-state index is 0.240. The molecule has 0 aromatic heterocycles. The van der Waals surface area contributed by atoms with Crippen molar-refractivity contribution in [2.75, 3.05) is 0 Å². The maximum Gasteiger partial charge on any atom is 0.133 e. The summed E-state index contributed by atoms with van der Waals surface area (Å²) in [6.45, 7) is 6.25. The molecule has 0 atom stereocenters. The van der Waals surface area contributed by atoms with Gasteiger partial charge in [-0.25, -0.2) is 0 Å². The van der Waals surface area contributed by atoms with Gasteiger partial charge in [-0.3, -0.25) is 9.59 Å². The molecule has 0 aromatic rings. The second-order valence-corrected chi connectivity index (χ2v) is 2.33. The second kappa shape index (κ2) is 5.63. The molecule has 0 N–H and O–H groups in total. The Hall–Kier alpha value is -1.14. The van der Waals surface area contributed by atoms with Gasteiger partial charge in [0.25, 0.3) is 0 Å². The fraction of sp³-hybridized carbons (Fsp3) is 0.444. The summed E-state index contributed by atoms with van der Waals surface area (Å²) < 4.78 is 0. The van der Waals surface area contributed by atoms with Crippen LogP contribution in [0.3, 0.4) is 0 Å². The Bertz CT molecular complexity index is 158. The molecule has 0 radical (unpaired) electrons. The average molecular weight is 152 g/mol. The number of carbonyl (C=O) groups excluding carboxylic acids is 2. The summed E-state index contributed by atoms with van der Waals surface area (Å²) in [5.41, 5.74) is 2.25. The molecule has 1 aliphatic rings. The normalized spacial score (nSPS) is 16.4. The highest BCUT2D eigenvalue weighted by atomic mass is 16.1. The van der Waals surface area contributed by atoms with E-state index in [1.54, 1.807) is 0 Å². The lowest BCUT2D eigenvalue weighted by Gasteiger charge is -2.04. The lowest BCUT2D eigenvalue weighted by atomic mass is 9.98. The Morgan fingerprint density at radius 3 is 1.27 bits per heavy atom. The predicted molar refractivity (Wildman–Crippen MR) is 43.2 cm³/mol. The molecule has 0 spiro atoms. The van der Waals surface area contributed by atoms with Crippen LogP contribution in [0.4, 0.5) is 0 Å². The standard InChI is InChI=1S/C6H8O2.C3H4/c7-5-1-2-6(8)4-3-5;1-3-2/h1-4H2;1-2H2. The van der Waals surface area contributed by atoms with Crippen LogP contribution < -0.4 is 0 Å². The van der Waals surface area contributed by atoms with Crippen molar-refractivity contribution in [2.24, 2.45) is 0 Å². The van der Waals surface area contributed by atoms with Crippen LogP contribution in [0.5, 0.6) is 0 Å². The van der Waals surface area contributed by atoms with Crippen LogP contribution >= 0.6 is 0 Å². The van der Waals surface area contributed by atoms with Crippen molar-refractivity contribution >= 4 is 11.6 Å². The van der Waals surface area contributed by atoms with Crippen LogP contribution in [0, 0.1) is 0 Å². The first-order chi connectivity index (χ1) is 5.20. The SMILES string of the molecule is C=C=C.O=C1CCC(=O)CC1. The molecule has 2 nitrogen and oxygen atoms in total. The number of carbonyl (C=O) groups is 2. The maximum atomic E-state index is 10.5. The van der Waals surface area contributed by atoms with E-state index in [0.29, 0.717) is 25.7 Å². The molecular weight excluding hydrogens is 140 g/mol. The molecular formula is C9H12O2. The largest absolute Gasteiger partial charge is 0.300 e. The Morgan fingerprint density at radius 2 is 1.09 bits per heavy atom. The van der Waals surface area contributed by atoms with Gasteiger partial charge in [0.05, 0.1) is 0 Å². The third-order valence-electron chi connectivity index (χ3n) is 1.37. The molecule has 0 unspecified atom stereocenters. The fourth-order valence-corrected chi connectivity index (χ4v) is 0.808. The summed E-state index contributed by atoms with van der Waals surface area (Å²) >= 11 is 0. The molecule has 0 bridgehead atoms. The van der Waals surface area contributed by atoms with E-state index in [1.807, 2.05) is 0 Å². The third kappa shape index (κ3) is 5.31. The van der Waals surface area contributed by atoms with Gasteiger partial charge in [0.15, 0.2) is 0 Å². The number of rotatable bonds is 0. The Kier molecular flexibility index (Phi) is 5.05. The monoisotopic (exact) mass is 152 g/mol. The number of hydrogen-bond donors (Lipinski definition) is 0. The van der Waals surface area contributed by atoms with Gasteiger partial charge in [-0.05, 0) is 0 Å². The second-order valence-electron chi connectivity index (χ2n) is 2.33. The van der Waals surface area contributed by atoms with Gasteiger partial charge < -0.3 is 0 Å². The molecule has 0 saturated heterocycles. The molecule has 60 valence electrons. The van der Waals surface area contributed by atoms with Crippen LogP contribution in [-0.2, 0) is 9.59 Å². The van der Waals surface area contributed by atoms with Crippen LogP contribution in [0.15, 0.2) is 18.9 Å². The zero-order valence-electron chi connectivity index (χ0n) is 6.56. The minimum Gasteiger partial charge on any atom is -0.300 e.